The molecule has 3 rings (SSSR count). The van der Waals surface area contributed by atoms with Crippen LogP contribution in [0.5, 0.6) is 0 Å². The molecule has 30 heavy (non-hydrogen) atoms. The lowest BCUT2D eigenvalue weighted by Gasteiger charge is -2.17. The van der Waals surface area contributed by atoms with Gasteiger partial charge in [-0.3, -0.25) is 19.1 Å². The van der Waals surface area contributed by atoms with Gasteiger partial charge in [-0.25, -0.2) is 0 Å². The molecule has 156 valence electrons. The van der Waals surface area contributed by atoms with Crippen LogP contribution < -0.4 is 10.9 Å². The molecule has 0 unspecified atom stereocenters. The van der Waals surface area contributed by atoms with Crippen LogP contribution in [0.25, 0.3) is 6.08 Å². The van der Waals surface area contributed by atoms with Crippen LogP contribution in [0.3, 0.4) is 0 Å². The Morgan fingerprint density at radius 3 is 2.80 bits per heavy atom. The van der Waals surface area contributed by atoms with Crippen LogP contribution in [-0.4, -0.2) is 26.2 Å². The summed E-state index contributed by atoms with van der Waals surface area (Å²) in [5, 5.41) is 12.7. The number of carbonyl (C=O) groups excluding carboxylic acids is 1. The summed E-state index contributed by atoms with van der Waals surface area (Å²) in [7, 11) is 1.59. The Labute approximate surface area is 184 Å². The van der Waals surface area contributed by atoms with E-state index < -0.39 is 5.56 Å². The van der Waals surface area contributed by atoms with Gasteiger partial charge in [-0.1, -0.05) is 37.3 Å². The first-order valence-corrected chi connectivity index (χ1v) is 10.8. The van der Waals surface area contributed by atoms with E-state index in [4.69, 9.17) is 16.6 Å². The van der Waals surface area contributed by atoms with E-state index in [2.05, 4.69) is 12.2 Å². The van der Waals surface area contributed by atoms with Gasteiger partial charge in [0.2, 0.25) is 0 Å². The highest BCUT2D eigenvalue weighted by atomic mass is 32.2. The van der Waals surface area contributed by atoms with Gasteiger partial charge in [0.15, 0.2) is 0 Å². The molecular weight excluding hydrogens is 420 g/mol. The number of amides is 1. The third-order valence-electron chi connectivity index (χ3n) is 4.89. The summed E-state index contributed by atoms with van der Waals surface area (Å²) in [5.41, 5.74) is 0.774. The molecule has 0 saturated carbocycles. The molecule has 0 bridgehead atoms. The summed E-state index contributed by atoms with van der Waals surface area (Å²) in [5.74, 6) is 1.05. The molecule has 1 N–H and O–H groups in total. The molecule has 2 aromatic rings. The van der Waals surface area contributed by atoms with Crippen LogP contribution in [0.1, 0.15) is 42.2 Å². The number of thioether (sulfide) groups is 1. The summed E-state index contributed by atoms with van der Waals surface area (Å²) in [4.78, 5) is 27.6. The van der Waals surface area contributed by atoms with E-state index in [0.29, 0.717) is 45.0 Å². The monoisotopic (exact) mass is 442 g/mol. The standard InChI is InChI=1S/C21H22N4O3S2/c1-4-5-8-25-20(27)17(30-21(25)29)10-15-13(2)16(11-22)19(26)24(3)18(15)23-12-14-7-6-9-28-14/h6-7,9-10,23H,4-5,8,12H2,1-3H3/b17-10-. The number of nitriles is 1. The van der Waals surface area contributed by atoms with Crippen molar-refractivity contribution in [2.45, 2.75) is 33.2 Å². The van der Waals surface area contributed by atoms with Crippen molar-refractivity contribution < 1.29 is 9.21 Å². The molecular formula is C21H22N4O3S2. The Balaban J connectivity index is 2.06. The molecule has 1 aliphatic heterocycles. The van der Waals surface area contributed by atoms with Crippen molar-refractivity contribution in [1.82, 2.24) is 9.47 Å². The minimum Gasteiger partial charge on any atom is -0.467 e. The number of hydrogen-bond donors (Lipinski definition) is 1. The van der Waals surface area contributed by atoms with Gasteiger partial charge in [-0.05, 0) is 37.1 Å². The van der Waals surface area contributed by atoms with Gasteiger partial charge >= 0.3 is 0 Å². The lowest BCUT2D eigenvalue weighted by Crippen LogP contribution is -2.29. The van der Waals surface area contributed by atoms with Crippen molar-refractivity contribution in [3.05, 3.63) is 56.1 Å². The van der Waals surface area contributed by atoms with E-state index in [0.717, 1.165) is 12.8 Å². The van der Waals surface area contributed by atoms with Gasteiger partial charge in [0.05, 0.1) is 17.7 Å². The molecule has 3 heterocycles. The topological polar surface area (TPSA) is 91.3 Å². The number of carbonyl (C=O) groups is 1. The smallest absolute Gasteiger partial charge is 0.270 e. The fourth-order valence-corrected chi connectivity index (χ4v) is 4.46. The maximum atomic E-state index is 12.9. The Morgan fingerprint density at radius 1 is 1.40 bits per heavy atom. The van der Waals surface area contributed by atoms with Crippen LogP contribution in [0, 0.1) is 18.3 Å². The number of thiocarbonyl (C=S) groups is 1. The van der Waals surface area contributed by atoms with Gasteiger partial charge < -0.3 is 9.73 Å². The number of aromatic nitrogens is 1. The van der Waals surface area contributed by atoms with Gasteiger partial charge in [-0.15, -0.1) is 0 Å². The molecule has 2 aromatic heterocycles. The largest absolute Gasteiger partial charge is 0.467 e. The van der Waals surface area contributed by atoms with Crippen molar-refractivity contribution >= 4 is 46.1 Å². The molecule has 1 aliphatic rings. The number of anilines is 1. The molecule has 1 saturated heterocycles. The molecule has 7 nitrogen and oxygen atoms in total. The Morgan fingerprint density at radius 2 is 2.17 bits per heavy atom. The number of hydrogen-bond acceptors (Lipinski definition) is 7. The van der Waals surface area contributed by atoms with Gasteiger partial charge in [0.1, 0.15) is 27.5 Å². The van der Waals surface area contributed by atoms with Gasteiger partial charge in [0, 0.05) is 19.2 Å². The average Bonchev–Trinajstić information content (AvgIpc) is 3.33. The van der Waals surface area contributed by atoms with Gasteiger partial charge in [0.25, 0.3) is 11.5 Å². The molecule has 0 spiro atoms. The first kappa shape index (κ1) is 21.9. The second kappa shape index (κ2) is 9.32. The fourth-order valence-electron chi connectivity index (χ4n) is 3.17. The van der Waals surface area contributed by atoms with E-state index in [-0.39, 0.29) is 11.5 Å². The van der Waals surface area contributed by atoms with Crippen LogP contribution in [0.4, 0.5) is 5.82 Å². The predicted octanol–water partition coefficient (Wildman–Crippen LogP) is 3.77. The average molecular weight is 443 g/mol. The van der Waals surface area contributed by atoms with Crippen molar-refractivity contribution in [3.8, 4) is 6.07 Å². The first-order chi connectivity index (χ1) is 14.4. The quantitative estimate of drug-likeness (QED) is 0.515. The first-order valence-electron chi connectivity index (χ1n) is 9.54. The number of nitrogens with zero attached hydrogens (tertiary/aromatic N) is 3. The number of pyridine rings is 1. The second-order valence-electron chi connectivity index (χ2n) is 6.86. The molecule has 0 aromatic carbocycles. The summed E-state index contributed by atoms with van der Waals surface area (Å²) in [6, 6.07) is 5.59. The van der Waals surface area contributed by atoms with E-state index in [9.17, 15) is 14.9 Å². The maximum Gasteiger partial charge on any atom is 0.270 e. The molecule has 0 aliphatic carbocycles. The summed E-state index contributed by atoms with van der Waals surface area (Å²) < 4.78 is 7.26. The Hall–Kier alpha value is -2.83. The fraction of sp³-hybridized carbons (Fsp3) is 0.333. The van der Waals surface area contributed by atoms with E-state index in [1.807, 2.05) is 12.1 Å². The number of nitrogens with one attached hydrogen (secondary N) is 1. The van der Waals surface area contributed by atoms with Crippen LogP contribution in [0.2, 0.25) is 0 Å². The predicted molar refractivity (Wildman–Crippen MR) is 122 cm³/mol. The normalized spacial score (nSPS) is 15.1. The molecule has 9 heteroatoms. The zero-order valence-corrected chi connectivity index (χ0v) is 18.7. The van der Waals surface area contributed by atoms with Crippen LogP contribution in [0.15, 0.2) is 32.5 Å². The van der Waals surface area contributed by atoms with Crippen LogP contribution in [-0.2, 0) is 18.4 Å². The molecule has 0 radical (unpaired) electrons. The maximum absolute atomic E-state index is 12.9. The molecule has 0 atom stereocenters. The number of unbranched alkanes of at least 4 members (excludes halogenated alkanes) is 1. The van der Waals surface area contributed by atoms with Crippen molar-refractivity contribution in [2.75, 3.05) is 11.9 Å². The zero-order chi connectivity index (χ0) is 21.8. The van der Waals surface area contributed by atoms with Gasteiger partial charge in [-0.2, -0.15) is 5.26 Å². The minimum atomic E-state index is -0.399. The third kappa shape index (κ3) is 4.20. The van der Waals surface area contributed by atoms with Crippen molar-refractivity contribution in [3.63, 3.8) is 0 Å². The van der Waals surface area contributed by atoms with Crippen LogP contribution >= 0.6 is 24.0 Å². The minimum absolute atomic E-state index is 0.0498. The van der Waals surface area contributed by atoms with E-state index in [1.54, 1.807) is 37.3 Å². The third-order valence-corrected chi connectivity index (χ3v) is 6.27. The van der Waals surface area contributed by atoms with Crippen molar-refractivity contribution in [1.29, 1.82) is 5.26 Å². The lowest BCUT2D eigenvalue weighted by atomic mass is 10.0. The summed E-state index contributed by atoms with van der Waals surface area (Å²) >= 11 is 6.62. The highest BCUT2D eigenvalue weighted by Gasteiger charge is 2.32. The number of rotatable bonds is 7. The zero-order valence-electron chi connectivity index (χ0n) is 17.0. The lowest BCUT2D eigenvalue weighted by molar-refractivity contribution is -0.122. The number of furan rings is 1. The molecule has 1 amide bonds. The highest BCUT2D eigenvalue weighted by Crippen LogP contribution is 2.35. The summed E-state index contributed by atoms with van der Waals surface area (Å²) in [6.45, 7) is 4.70. The highest BCUT2D eigenvalue weighted by molar-refractivity contribution is 8.26. The van der Waals surface area contributed by atoms with Crippen molar-refractivity contribution in [2.24, 2.45) is 7.05 Å². The Kier molecular flexibility index (Phi) is 6.80. The Bertz CT molecular complexity index is 1110. The van der Waals surface area contributed by atoms with E-state index in [1.165, 1.54) is 16.3 Å². The second-order valence-corrected chi connectivity index (χ2v) is 8.53. The SMILES string of the molecule is CCCCN1C(=O)/C(=C/c2c(C)c(C#N)c(=O)n(C)c2NCc2ccco2)SC1=S. The van der Waals surface area contributed by atoms with E-state index >= 15 is 0 Å². The molecule has 1 fully saturated rings. The summed E-state index contributed by atoms with van der Waals surface area (Å²) in [6.07, 6.45) is 5.11.